The number of anilines is 1. The minimum atomic E-state index is -4.69. The Bertz CT molecular complexity index is 1500. The van der Waals surface area contributed by atoms with Crippen molar-refractivity contribution in [1.82, 2.24) is 4.31 Å². The van der Waals surface area contributed by atoms with Gasteiger partial charge in [0.15, 0.2) is 11.5 Å². The van der Waals surface area contributed by atoms with Gasteiger partial charge in [-0.15, -0.1) is 0 Å². The van der Waals surface area contributed by atoms with Crippen LogP contribution in [0, 0.1) is 5.82 Å². The molecule has 2 N–H and O–H groups in total. The van der Waals surface area contributed by atoms with E-state index in [-0.39, 0.29) is 30.1 Å². The monoisotopic (exact) mass is 582 g/mol. The predicted octanol–water partition coefficient (Wildman–Crippen LogP) is 5.28. The lowest BCUT2D eigenvalue weighted by molar-refractivity contribution is -0.137. The van der Waals surface area contributed by atoms with Gasteiger partial charge in [-0.3, -0.25) is 4.79 Å². The number of carbonyl (C=O) groups excluding carboxylic acids is 1. The molecular formula is C27H26F4N2O6S. The third-order valence-corrected chi connectivity index (χ3v) is 7.79. The summed E-state index contributed by atoms with van der Waals surface area (Å²) in [6.45, 7) is 0.371. The fourth-order valence-corrected chi connectivity index (χ4v) is 5.19. The Hall–Kier alpha value is -3.84. The molecule has 1 aliphatic heterocycles. The van der Waals surface area contributed by atoms with E-state index in [4.69, 9.17) is 9.47 Å². The number of nitrogens with one attached hydrogen (secondary N) is 1. The number of ether oxygens (including phenoxy) is 2. The van der Waals surface area contributed by atoms with E-state index in [9.17, 15) is 35.9 Å². The Balaban J connectivity index is 1.57. The molecular weight excluding hydrogens is 556 g/mol. The number of phenols is 1. The molecule has 3 aromatic rings. The highest BCUT2D eigenvalue weighted by molar-refractivity contribution is 7.88. The number of halogens is 4. The van der Waals surface area contributed by atoms with Crippen molar-refractivity contribution in [3.8, 4) is 28.4 Å². The summed E-state index contributed by atoms with van der Waals surface area (Å²) in [5, 5.41) is 12.8. The number of aromatic hydroxyl groups is 1. The second kappa shape index (κ2) is 11.3. The maximum absolute atomic E-state index is 15.0. The smallest absolute Gasteiger partial charge is 0.416 e. The number of carbonyl (C=O) groups is 1. The highest BCUT2D eigenvalue weighted by Gasteiger charge is 2.32. The number of methoxy groups -OCH3 is 1. The quantitative estimate of drug-likeness (QED) is 0.368. The lowest BCUT2D eigenvalue weighted by Crippen LogP contribution is -2.41. The standard InChI is InChI=1S/C27H26F4N2O6S/c1-38-18-6-3-16(4-7-18)20-8-5-17(27(29,30)31)15-22(20)32-26(35)21-9-10-23(24(28)25(21)34)39-19-11-13-33(14-12-19)40(2,36)37/h3-10,15,19,34H,11-14H2,1-2H3,(H,32,35). The third-order valence-electron chi connectivity index (χ3n) is 6.49. The fraction of sp³-hybridized carbons (Fsp3) is 0.296. The van der Waals surface area contributed by atoms with Crippen LogP contribution in [0.2, 0.25) is 0 Å². The van der Waals surface area contributed by atoms with Gasteiger partial charge in [-0.2, -0.15) is 17.6 Å². The number of benzene rings is 3. The Morgan fingerprint density at radius 1 is 1.05 bits per heavy atom. The average Bonchev–Trinajstić information content (AvgIpc) is 2.90. The molecule has 8 nitrogen and oxygen atoms in total. The van der Waals surface area contributed by atoms with E-state index in [0.717, 1.165) is 30.5 Å². The summed E-state index contributed by atoms with van der Waals surface area (Å²) in [5.41, 5.74) is -1.01. The van der Waals surface area contributed by atoms with Crippen molar-refractivity contribution in [3.63, 3.8) is 0 Å². The molecule has 1 aliphatic rings. The SMILES string of the molecule is COc1ccc(-c2ccc(C(F)(F)F)cc2NC(=O)c2ccc(OC3CCN(S(C)(=O)=O)CC3)c(F)c2O)cc1. The first kappa shape index (κ1) is 29.2. The Kier molecular flexibility index (Phi) is 8.26. The second-order valence-electron chi connectivity index (χ2n) is 9.19. The van der Waals surface area contributed by atoms with Crippen LogP contribution in [-0.4, -0.2) is 56.3 Å². The largest absolute Gasteiger partial charge is 0.504 e. The molecule has 1 heterocycles. The number of nitrogens with zero attached hydrogens (tertiary/aromatic N) is 1. The number of piperidine rings is 1. The van der Waals surface area contributed by atoms with Crippen molar-refractivity contribution >= 4 is 21.6 Å². The number of phenolic OH excluding ortho intramolecular Hbond substituents is 1. The van der Waals surface area contributed by atoms with E-state index < -0.39 is 50.9 Å². The predicted molar refractivity (Wildman–Crippen MR) is 140 cm³/mol. The Morgan fingerprint density at radius 3 is 2.27 bits per heavy atom. The van der Waals surface area contributed by atoms with Gasteiger partial charge in [-0.1, -0.05) is 18.2 Å². The van der Waals surface area contributed by atoms with E-state index in [1.54, 1.807) is 24.3 Å². The first-order valence-electron chi connectivity index (χ1n) is 12.1. The maximum atomic E-state index is 15.0. The van der Waals surface area contributed by atoms with E-state index in [2.05, 4.69) is 5.32 Å². The third kappa shape index (κ3) is 6.48. The van der Waals surface area contributed by atoms with Gasteiger partial charge in [0.2, 0.25) is 15.8 Å². The molecule has 0 atom stereocenters. The number of hydrogen-bond acceptors (Lipinski definition) is 6. The highest BCUT2D eigenvalue weighted by atomic mass is 32.2. The zero-order valence-electron chi connectivity index (χ0n) is 21.5. The minimum absolute atomic E-state index is 0.186. The number of amides is 1. The summed E-state index contributed by atoms with van der Waals surface area (Å²) < 4.78 is 90.6. The summed E-state index contributed by atoms with van der Waals surface area (Å²) in [6, 6.07) is 11.4. The lowest BCUT2D eigenvalue weighted by atomic mass is 10.0. The van der Waals surface area contributed by atoms with Gasteiger partial charge in [0, 0.05) is 24.3 Å². The van der Waals surface area contributed by atoms with Gasteiger partial charge in [0.05, 0.1) is 24.5 Å². The average molecular weight is 583 g/mol. The van der Waals surface area contributed by atoms with Crippen molar-refractivity contribution in [3.05, 3.63) is 71.5 Å². The van der Waals surface area contributed by atoms with Gasteiger partial charge in [0.25, 0.3) is 5.91 Å². The normalized spacial score (nSPS) is 15.1. The first-order valence-corrected chi connectivity index (χ1v) is 13.9. The van der Waals surface area contributed by atoms with Crippen LogP contribution in [0.15, 0.2) is 54.6 Å². The number of alkyl halides is 3. The van der Waals surface area contributed by atoms with Gasteiger partial charge in [-0.25, -0.2) is 12.7 Å². The minimum Gasteiger partial charge on any atom is -0.504 e. The molecule has 3 aromatic carbocycles. The van der Waals surface area contributed by atoms with Crippen molar-refractivity contribution in [1.29, 1.82) is 0 Å². The first-order chi connectivity index (χ1) is 18.8. The number of rotatable bonds is 7. The fourth-order valence-electron chi connectivity index (χ4n) is 4.32. The highest BCUT2D eigenvalue weighted by Crippen LogP contribution is 2.38. The van der Waals surface area contributed by atoms with Crippen molar-refractivity contribution in [2.45, 2.75) is 25.1 Å². The van der Waals surface area contributed by atoms with Crippen LogP contribution in [0.1, 0.15) is 28.8 Å². The van der Waals surface area contributed by atoms with Crippen molar-refractivity contribution in [2.24, 2.45) is 0 Å². The van der Waals surface area contributed by atoms with Crippen LogP contribution >= 0.6 is 0 Å². The van der Waals surface area contributed by atoms with Gasteiger partial charge in [-0.05, 0) is 54.8 Å². The van der Waals surface area contributed by atoms with Gasteiger partial charge in [0.1, 0.15) is 11.9 Å². The Labute approximate surface area is 228 Å². The zero-order valence-corrected chi connectivity index (χ0v) is 22.3. The second-order valence-corrected chi connectivity index (χ2v) is 11.2. The summed E-state index contributed by atoms with van der Waals surface area (Å²) >= 11 is 0. The van der Waals surface area contributed by atoms with Crippen LogP contribution in [0.3, 0.4) is 0 Å². The van der Waals surface area contributed by atoms with Crippen LogP contribution < -0.4 is 14.8 Å². The van der Waals surface area contributed by atoms with E-state index in [0.29, 0.717) is 24.2 Å². The molecule has 0 unspecified atom stereocenters. The Morgan fingerprint density at radius 2 is 1.70 bits per heavy atom. The molecule has 4 rings (SSSR count). The maximum Gasteiger partial charge on any atom is 0.416 e. The van der Waals surface area contributed by atoms with Crippen LogP contribution in [0.4, 0.5) is 23.2 Å². The number of sulfonamides is 1. The van der Waals surface area contributed by atoms with Crippen molar-refractivity contribution in [2.75, 3.05) is 31.8 Å². The van der Waals surface area contributed by atoms with Crippen LogP contribution in [0.25, 0.3) is 11.1 Å². The number of hydrogen-bond donors (Lipinski definition) is 2. The van der Waals surface area contributed by atoms with E-state index in [1.165, 1.54) is 17.5 Å². The molecule has 0 saturated carbocycles. The van der Waals surface area contributed by atoms with Gasteiger partial charge >= 0.3 is 6.18 Å². The van der Waals surface area contributed by atoms with E-state index >= 15 is 0 Å². The summed E-state index contributed by atoms with van der Waals surface area (Å²) in [4.78, 5) is 13.0. The molecule has 1 fully saturated rings. The zero-order chi connectivity index (χ0) is 29.2. The molecule has 0 aliphatic carbocycles. The molecule has 40 heavy (non-hydrogen) atoms. The lowest BCUT2D eigenvalue weighted by Gasteiger charge is -2.30. The van der Waals surface area contributed by atoms with Gasteiger partial charge < -0.3 is 19.9 Å². The molecule has 13 heteroatoms. The molecule has 0 aromatic heterocycles. The summed E-state index contributed by atoms with van der Waals surface area (Å²) in [5.74, 6) is -3.13. The molecule has 0 radical (unpaired) electrons. The van der Waals surface area contributed by atoms with Crippen LogP contribution in [0.5, 0.6) is 17.2 Å². The topological polar surface area (TPSA) is 105 Å². The molecule has 1 amide bonds. The molecule has 0 spiro atoms. The molecule has 214 valence electrons. The van der Waals surface area contributed by atoms with Crippen molar-refractivity contribution < 1.29 is 45.4 Å². The summed E-state index contributed by atoms with van der Waals surface area (Å²) in [6.07, 6.45) is -3.54. The van der Waals surface area contributed by atoms with E-state index in [1.807, 2.05) is 0 Å². The summed E-state index contributed by atoms with van der Waals surface area (Å²) in [7, 11) is -1.90. The molecule has 1 saturated heterocycles. The van der Waals surface area contributed by atoms with Crippen LogP contribution in [-0.2, 0) is 16.2 Å². The molecule has 0 bridgehead atoms.